The molecular weight excluding hydrogens is 400 g/mol. The molecule has 10 nitrogen and oxygen atoms in total. The number of nitrogens with one attached hydrogen (secondary N) is 2. The van der Waals surface area contributed by atoms with Crippen LogP contribution in [0.25, 0.3) is 0 Å². The van der Waals surface area contributed by atoms with Crippen LogP contribution in [0.3, 0.4) is 0 Å². The zero-order valence-electron chi connectivity index (χ0n) is 15.7. The third kappa shape index (κ3) is 6.02. The van der Waals surface area contributed by atoms with E-state index < -0.39 is 34.5 Å². The third-order valence-corrected chi connectivity index (χ3v) is 5.47. The minimum Gasteiger partial charge on any atom is -0.452 e. The fourth-order valence-electron chi connectivity index (χ4n) is 2.16. The highest BCUT2D eigenvalue weighted by Gasteiger charge is 2.17. The SMILES string of the molecule is CN(C)S(=O)(=O)c1ccc(NC(=O)COC(=O)c2ccc(NC(N)=O)cc2)cc1. The Morgan fingerprint density at radius 3 is 1.97 bits per heavy atom. The summed E-state index contributed by atoms with van der Waals surface area (Å²) >= 11 is 0. The Balaban J connectivity index is 1.89. The molecule has 2 aromatic carbocycles. The summed E-state index contributed by atoms with van der Waals surface area (Å²) in [6, 6.07) is 10.6. The summed E-state index contributed by atoms with van der Waals surface area (Å²) < 4.78 is 30.0. The number of amides is 3. The molecule has 0 aliphatic carbocycles. The van der Waals surface area contributed by atoms with Crippen LogP contribution in [0.2, 0.25) is 0 Å². The lowest BCUT2D eigenvalue weighted by Gasteiger charge is -2.12. The summed E-state index contributed by atoms with van der Waals surface area (Å²) in [5.74, 6) is -1.31. The third-order valence-electron chi connectivity index (χ3n) is 3.64. The largest absolute Gasteiger partial charge is 0.452 e. The van der Waals surface area contributed by atoms with Gasteiger partial charge < -0.3 is 21.1 Å². The van der Waals surface area contributed by atoms with E-state index in [0.717, 1.165) is 4.31 Å². The molecule has 3 amide bonds. The predicted octanol–water partition coefficient (Wildman–Crippen LogP) is 1.22. The molecule has 29 heavy (non-hydrogen) atoms. The van der Waals surface area contributed by atoms with E-state index in [1.807, 2.05) is 0 Å². The van der Waals surface area contributed by atoms with Gasteiger partial charge in [-0.15, -0.1) is 0 Å². The standard InChI is InChI=1S/C18H20N4O6S/c1-22(2)29(26,27)15-9-7-13(8-10-15)20-16(23)11-28-17(24)12-3-5-14(6-4-12)21-18(19)25/h3-10H,11H2,1-2H3,(H,20,23)(H3,19,21,25). The van der Waals surface area contributed by atoms with Gasteiger partial charge in [-0.2, -0.15) is 0 Å². The van der Waals surface area contributed by atoms with Crippen LogP contribution < -0.4 is 16.4 Å². The normalized spacial score (nSPS) is 11.0. The number of carbonyl (C=O) groups excluding carboxylic acids is 3. The van der Waals surface area contributed by atoms with Crippen molar-refractivity contribution in [2.24, 2.45) is 5.73 Å². The Hall–Kier alpha value is -3.44. The molecule has 0 aliphatic heterocycles. The number of hydrogen-bond acceptors (Lipinski definition) is 6. The molecule has 0 heterocycles. The van der Waals surface area contributed by atoms with Gasteiger partial charge in [-0.05, 0) is 48.5 Å². The van der Waals surface area contributed by atoms with Gasteiger partial charge in [0.2, 0.25) is 10.0 Å². The Morgan fingerprint density at radius 2 is 1.45 bits per heavy atom. The van der Waals surface area contributed by atoms with Crippen molar-refractivity contribution in [1.82, 2.24) is 4.31 Å². The number of anilines is 2. The van der Waals surface area contributed by atoms with Crippen LogP contribution in [0, 0.1) is 0 Å². The topological polar surface area (TPSA) is 148 Å². The number of rotatable bonds is 7. The van der Waals surface area contributed by atoms with Gasteiger partial charge in [-0.1, -0.05) is 0 Å². The summed E-state index contributed by atoms with van der Waals surface area (Å²) in [5, 5.41) is 4.85. The van der Waals surface area contributed by atoms with E-state index in [4.69, 9.17) is 10.5 Å². The average molecular weight is 420 g/mol. The van der Waals surface area contributed by atoms with E-state index in [9.17, 15) is 22.8 Å². The van der Waals surface area contributed by atoms with Crippen LogP contribution in [0.1, 0.15) is 10.4 Å². The van der Waals surface area contributed by atoms with Gasteiger partial charge in [0, 0.05) is 25.5 Å². The van der Waals surface area contributed by atoms with Crippen molar-refractivity contribution in [1.29, 1.82) is 0 Å². The van der Waals surface area contributed by atoms with Gasteiger partial charge in [0.1, 0.15) is 0 Å². The molecule has 0 spiro atoms. The molecule has 0 unspecified atom stereocenters. The molecule has 154 valence electrons. The van der Waals surface area contributed by atoms with Gasteiger partial charge in [-0.25, -0.2) is 22.3 Å². The van der Waals surface area contributed by atoms with Crippen LogP contribution in [0.4, 0.5) is 16.2 Å². The maximum absolute atomic E-state index is 12.0. The highest BCUT2D eigenvalue weighted by Crippen LogP contribution is 2.16. The molecule has 0 fully saturated rings. The van der Waals surface area contributed by atoms with Crippen molar-refractivity contribution in [2.75, 3.05) is 31.3 Å². The quantitative estimate of drug-likeness (QED) is 0.574. The Morgan fingerprint density at radius 1 is 0.931 bits per heavy atom. The number of esters is 1. The first-order chi connectivity index (χ1) is 13.6. The molecule has 0 bridgehead atoms. The molecule has 0 saturated heterocycles. The number of benzene rings is 2. The number of ether oxygens (including phenoxy) is 1. The van der Waals surface area contributed by atoms with E-state index in [1.165, 1.54) is 62.6 Å². The summed E-state index contributed by atoms with van der Waals surface area (Å²) in [6.07, 6.45) is 0. The fourth-order valence-corrected chi connectivity index (χ4v) is 3.07. The van der Waals surface area contributed by atoms with Crippen molar-refractivity contribution in [3.8, 4) is 0 Å². The lowest BCUT2D eigenvalue weighted by atomic mass is 10.2. The van der Waals surface area contributed by atoms with E-state index in [0.29, 0.717) is 11.4 Å². The minimum atomic E-state index is -3.56. The first kappa shape index (κ1) is 21.9. The van der Waals surface area contributed by atoms with Crippen LogP contribution >= 0.6 is 0 Å². The first-order valence-corrected chi connectivity index (χ1v) is 9.69. The van der Waals surface area contributed by atoms with E-state index in [1.54, 1.807) is 0 Å². The highest BCUT2D eigenvalue weighted by atomic mass is 32.2. The van der Waals surface area contributed by atoms with Crippen LogP contribution in [-0.2, 0) is 19.6 Å². The van der Waals surface area contributed by atoms with Gasteiger partial charge >= 0.3 is 12.0 Å². The molecule has 0 aliphatic rings. The maximum Gasteiger partial charge on any atom is 0.338 e. The minimum absolute atomic E-state index is 0.0844. The second kappa shape index (κ2) is 9.17. The maximum atomic E-state index is 12.0. The van der Waals surface area contributed by atoms with Crippen molar-refractivity contribution in [2.45, 2.75) is 4.90 Å². The van der Waals surface area contributed by atoms with Gasteiger partial charge in [0.15, 0.2) is 6.61 Å². The molecule has 4 N–H and O–H groups in total. The highest BCUT2D eigenvalue weighted by molar-refractivity contribution is 7.89. The lowest BCUT2D eigenvalue weighted by Crippen LogP contribution is -2.22. The van der Waals surface area contributed by atoms with E-state index >= 15 is 0 Å². The molecule has 2 aromatic rings. The first-order valence-electron chi connectivity index (χ1n) is 8.25. The summed E-state index contributed by atoms with van der Waals surface area (Å²) in [5.41, 5.74) is 5.94. The van der Waals surface area contributed by atoms with E-state index in [-0.39, 0.29) is 10.5 Å². The van der Waals surface area contributed by atoms with Crippen molar-refractivity contribution < 1.29 is 27.5 Å². The second-order valence-electron chi connectivity index (χ2n) is 6.00. The fraction of sp³-hybridized carbons (Fsp3) is 0.167. The van der Waals surface area contributed by atoms with Gasteiger partial charge in [0.25, 0.3) is 5.91 Å². The molecule has 0 aromatic heterocycles. The number of carbonyl (C=O) groups is 3. The number of primary amides is 1. The summed E-state index contributed by atoms with van der Waals surface area (Å²) in [4.78, 5) is 34.7. The molecule has 11 heteroatoms. The van der Waals surface area contributed by atoms with Crippen LogP contribution in [0.15, 0.2) is 53.4 Å². The lowest BCUT2D eigenvalue weighted by molar-refractivity contribution is -0.119. The van der Waals surface area contributed by atoms with Gasteiger partial charge in [0.05, 0.1) is 10.5 Å². The summed E-state index contributed by atoms with van der Waals surface area (Å²) in [7, 11) is -0.727. The monoisotopic (exact) mass is 420 g/mol. The zero-order chi connectivity index (χ0) is 21.6. The van der Waals surface area contributed by atoms with E-state index in [2.05, 4.69) is 10.6 Å². The molecule has 0 radical (unpaired) electrons. The van der Waals surface area contributed by atoms with Crippen LogP contribution in [-0.4, -0.2) is 51.3 Å². The molecular formula is C18H20N4O6S. The number of sulfonamides is 1. The smallest absolute Gasteiger partial charge is 0.338 e. The average Bonchev–Trinajstić information content (AvgIpc) is 2.66. The van der Waals surface area contributed by atoms with Crippen molar-refractivity contribution in [3.63, 3.8) is 0 Å². The molecule has 0 atom stereocenters. The molecule has 2 rings (SSSR count). The number of nitrogens with two attached hydrogens (primary N) is 1. The van der Waals surface area contributed by atoms with Crippen molar-refractivity contribution in [3.05, 3.63) is 54.1 Å². The number of hydrogen-bond donors (Lipinski definition) is 3. The van der Waals surface area contributed by atoms with Crippen molar-refractivity contribution >= 4 is 39.3 Å². The van der Waals surface area contributed by atoms with Crippen LogP contribution in [0.5, 0.6) is 0 Å². The number of nitrogens with zero attached hydrogens (tertiary/aromatic N) is 1. The van der Waals surface area contributed by atoms with Gasteiger partial charge in [-0.3, -0.25) is 4.79 Å². The summed E-state index contributed by atoms with van der Waals surface area (Å²) in [6.45, 7) is -0.530. The predicted molar refractivity (Wildman–Crippen MR) is 106 cm³/mol. The zero-order valence-corrected chi connectivity index (χ0v) is 16.5. The Bertz CT molecular complexity index is 1000. The Labute approximate surface area is 167 Å². The number of urea groups is 1. The molecule has 0 saturated carbocycles. The Kier molecular flexibility index (Phi) is 6.91. The second-order valence-corrected chi connectivity index (χ2v) is 8.15.